The highest BCUT2D eigenvalue weighted by Crippen LogP contribution is 2.37. The lowest BCUT2D eigenvalue weighted by Gasteiger charge is -2.23. The summed E-state index contributed by atoms with van der Waals surface area (Å²) in [4.78, 5) is 26.9. The van der Waals surface area contributed by atoms with Crippen molar-refractivity contribution in [1.82, 2.24) is 9.97 Å². The molecular weight excluding hydrogens is 352 g/mol. The van der Waals surface area contributed by atoms with E-state index in [4.69, 9.17) is 0 Å². The second-order valence-corrected chi connectivity index (χ2v) is 6.69. The van der Waals surface area contributed by atoms with Gasteiger partial charge in [0.1, 0.15) is 17.1 Å². The fourth-order valence-corrected chi connectivity index (χ4v) is 3.34. The zero-order chi connectivity index (χ0) is 19.7. The van der Waals surface area contributed by atoms with Crippen LogP contribution in [0.4, 0.5) is 17.3 Å². The molecule has 6 nitrogen and oxygen atoms in total. The summed E-state index contributed by atoms with van der Waals surface area (Å²) < 4.78 is 0. The van der Waals surface area contributed by atoms with Crippen molar-refractivity contribution in [3.8, 4) is 5.75 Å². The van der Waals surface area contributed by atoms with Gasteiger partial charge in [-0.2, -0.15) is 0 Å². The van der Waals surface area contributed by atoms with Gasteiger partial charge in [0.25, 0.3) is 0 Å². The Balaban J connectivity index is 1.78. The van der Waals surface area contributed by atoms with Crippen LogP contribution in [0.3, 0.4) is 0 Å². The number of fused-ring (bicyclic) bond motifs is 1. The highest BCUT2D eigenvalue weighted by atomic mass is 16.3. The van der Waals surface area contributed by atoms with Crippen molar-refractivity contribution in [2.45, 2.75) is 26.2 Å². The molecule has 2 N–H and O–H groups in total. The molecule has 1 aromatic heterocycles. The van der Waals surface area contributed by atoms with Crippen molar-refractivity contribution in [2.75, 3.05) is 5.32 Å². The second-order valence-electron chi connectivity index (χ2n) is 6.69. The molecule has 0 saturated heterocycles. The number of hydrogen-bond acceptors (Lipinski definition) is 6. The molecule has 0 amide bonds. The summed E-state index contributed by atoms with van der Waals surface area (Å²) in [6.45, 7) is 3.85. The van der Waals surface area contributed by atoms with Crippen molar-refractivity contribution in [1.29, 1.82) is 0 Å². The third-order valence-corrected chi connectivity index (χ3v) is 4.77. The number of nitrogens with one attached hydrogen (secondary N) is 1. The van der Waals surface area contributed by atoms with Gasteiger partial charge >= 0.3 is 0 Å². The third kappa shape index (κ3) is 3.24. The molecule has 1 aliphatic rings. The first-order valence-corrected chi connectivity index (χ1v) is 9.19. The van der Waals surface area contributed by atoms with Crippen LogP contribution in [0.15, 0.2) is 59.6 Å². The van der Waals surface area contributed by atoms with E-state index in [1.165, 1.54) is 0 Å². The maximum absolute atomic E-state index is 13.1. The van der Waals surface area contributed by atoms with E-state index in [0.29, 0.717) is 35.2 Å². The van der Waals surface area contributed by atoms with Crippen LogP contribution < -0.4 is 5.32 Å². The molecular formula is C22H20N4O2. The number of Topliss-reactive ketones (excluding diaryl/α,β-unsaturated/α-hetero) is 1. The number of carbonyl (C=O) groups is 1. The van der Waals surface area contributed by atoms with Crippen LogP contribution in [0.2, 0.25) is 0 Å². The molecule has 0 bridgehead atoms. The third-order valence-electron chi connectivity index (χ3n) is 4.77. The van der Waals surface area contributed by atoms with Crippen molar-refractivity contribution in [2.24, 2.45) is 4.99 Å². The standard InChI is InChI=1S/C22H20N4O2/c1-3-17-20-18(25-19(21(17)28)14-7-5-4-6-8-14)13(2)23-22(26-20)24-15-9-11-16(27)12-10-15/h4-12,17,27H,3H2,1-2H3,(H,23,24,26). The first-order valence-electron chi connectivity index (χ1n) is 9.19. The molecule has 2 aromatic carbocycles. The van der Waals surface area contributed by atoms with Crippen LogP contribution in [0.25, 0.3) is 0 Å². The van der Waals surface area contributed by atoms with Gasteiger partial charge in [-0.1, -0.05) is 37.3 Å². The maximum Gasteiger partial charge on any atom is 0.227 e. The molecule has 140 valence electrons. The Morgan fingerprint density at radius 3 is 2.43 bits per heavy atom. The fraction of sp³-hybridized carbons (Fsp3) is 0.182. The molecule has 0 radical (unpaired) electrons. The number of ketones is 1. The first kappa shape index (κ1) is 17.9. The lowest BCUT2D eigenvalue weighted by Crippen LogP contribution is -2.27. The summed E-state index contributed by atoms with van der Waals surface area (Å²) in [5.74, 6) is 0.221. The van der Waals surface area contributed by atoms with E-state index in [9.17, 15) is 9.90 Å². The molecule has 1 aliphatic heterocycles. The summed E-state index contributed by atoms with van der Waals surface area (Å²) >= 11 is 0. The largest absolute Gasteiger partial charge is 0.508 e. The molecule has 0 fully saturated rings. The van der Waals surface area contributed by atoms with Gasteiger partial charge in [-0.3, -0.25) is 4.79 Å². The van der Waals surface area contributed by atoms with Crippen LogP contribution in [0, 0.1) is 6.92 Å². The highest BCUT2D eigenvalue weighted by Gasteiger charge is 2.33. The molecule has 3 aromatic rings. The Hall–Kier alpha value is -3.54. The molecule has 6 heteroatoms. The topological polar surface area (TPSA) is 87.5 Å². The van der Waals surface area contributed by atoms with E-state index >= 15 is 0 Å². The van der Waals surface area contributed by atoms with Crippen molar-refractivity contribution >= 4 is 28.8 Å². The quantitative estimate of drug-likeness (QED) is 0.662. The number of rotatable bonds is 4. The summed E-state index contributed by atoms with van der Waals surface area (Å²) in [7, 11) is 0. The highest BCUT2D eigenvalue weighted by molar-refractivity contribution is 6.49. The Morgan fingerprint density at radius 1 is 1.04 bits per heavy atom. The van der Waals surface area contributed by atoms with Crippen LogP contribution in [0.5, 0.6) is 5.75 Å². The molecule has 0 saturated carbocycles. The minimum atomic E-state index is -0.357. The summed E-state index contributed by atoms with van der Waals surface area (Å²) in [6.07, 6.45) is 0.632. The van der Waals surface area contributed by atoms with E-state index < -0.39 is 0 Å². The minimum absolute atomic E-state index is 0.0186. The second kappa shape index (κ2) is 7.23. The average molecular weight is 372 g/mol. The summed E-state index contributed by atoms with van der Waals surface area (Å²) in [5, 5.41) is 12.6. The van der Waals surface area contributed by atoms with Crippen LogP contribution in [-0.4, -0.2) is 26.6 Å². The molecule has 4 rings (SSSR count). The van der Waals surface area contributed by atoms with Gasteiger partial charge in [-0.25, -0.2) is 15.0 Å². The number of carbonyl (C=O) groups excluding carboxylic acids is 1. The van der Waals surface area contributed by atoms with Crippen molar-refractivity contribution in [3.05, 3.63) is 71.5 Å². The van der Waals surface area contributed by atoms with Crippen LogP contribution >= 0.6 is 0 Å². The Labute approximate surface area is 163 Å². The minimum Gasteiger partial charge on any atom is -0.508 e. The fourth-order valence-electron chi connectivity index (χ4n) is 3.34. The number of aromatic hydroxyl groups is 1. The lowest BCUT2D eigenvalue weighted by molar-refractivity contribution is -0.114. The number of aromatic nitrogens is 2. The number of phenolic OH excluding ortho intramolecular Hbond substituents is 1. The number of benzene rings is 2. The van der Waals surface area contributed by atoms with Gasteiger partial charge in [-0.05, 0) is 37.6 Å². The molecule has 1 unspecified atom stereocenters. The van der Waals surface area contributed by atoms with Gasteiger partial charge in [0.05, 0.1) is 17.3 Å². The van der Waals surface area contributed by atoms with Crippen LogP contribution in [0.1, 0.15) is 36.2 Å². The van der Waals surface area contributed by atoms with Crippen molar-refractivity contribution in [3.63, 3.8) is 0 Å². The molecule has 1 atom stereocenters. The normalized spacial score (nSPS) is 15.7. The molecule has 0 spiro atoms. The predicted molar refractivity (Wildman–Crippen MR) is 109 cm³/mol. The maximum atomic E-state index is 13.1. The smallest absolute Gasteiger partial charge is 0.227 e. The Kier molecular flexibility index (Phi) is 4.61. The monoisotopic (exact) mass is 372 g/mol. The number of nitrogens with zero attached hydrogens (tertiary/aromatic N) is 3. The zero-order valence-electron chi connectivity index (χ0n) is 15.7. The number of phenols is 1. The molecule has 0 aliphatic carbocycles. The SMILES string of the molecule is CCC1C(=O)C(c2ccccc2)=Nc2c(C)nc(Nc3ccc(O)cc3)nc21. The number of hydrogen-bond donors (Lipinski definition) is 2. The summed E-state index contributed by atoms with van der Waals surface area (Å²) in [5.41, 5.74) is 4.06. The van der Waals surface area contributed by atoms with E-state index in [1.807, 2.05) is 44.2 Å². The Bertz CT molecular complexity index is 1060. The first-order chi connectivity index (χ1) is 13.6. The van der Waals surface area contributed by atoms with Crippen molar-refractivity contribution < 1.29 is 9.90 Å². The van der Waals surface area contributed by atoms with E-state index in [0.717, 1.165) is 11.3 Å². The van der Waals surface area contributed by atoms with Gasteiger partial charge < -0.3 is 10.4 Å². The summed E-state index contributed by atoms with van der Waals surface area (Å²) in [6, 6.07) is 16.1. The van der Waals surface area contributed by atoms with Gasteiger partial charge in [0, 0.05) is 11.3 Å². The van der Waals surface area contributed by atoms with E-state index in [2.05, 4.69) is 20.3 Å². The number of aliphatic imine (C=N–C) groups is 1. The molecule has 2 heterocycles. The van der Waals surface area contributed by atoms with E-state index in [-0.39, 0.29) is 17.5 Å². The zero-order valence-corrected chi connectivity index (χ0v) is 15.7. The van der Waals surface area contributed by atoms with Gasteiger partial charge in [0.15, 0.2) is 5.78 Å². The average Bonchev–Trinajstić information content (AvgIpc) is 2.70. The Morgan fingerprint density at radius 2 is 1.75 bits per heavy atom. The van der Waals surface area contributed by atoms with Crippen LogP contribution in [-0.2, 0) is 4.79 Å². The lowest BCUT2D eigenvalue weighted by atomic mass is 9.87. The van der Waals surface area contributed by atoms with Gasteiger partial charge in [-0.15, -0.1) is 0 Å². The predicted octanol–water partition coefficient (Wildman–Crippen LogP) is 4.43. The number of aryl methyl sites for hydroxylation is 1. The van der Waals surface area contributed by atoms with E-state index in [1.54, 1.807) is 24.3 Å². The molecule has 28 heavy (non-hydrogen) atoms. The van der Waals surface area contributed by atoms with Gasteiger partial charge in [0.2, 0.25) is 5.95 Å². The number of anilines is 2.